The van der Waals surface area contributed by atoms with E-state index in [1.54, 1.807) is 10.8 Å². The van der Waals surface area contributed by atoms with Crippen LogP contribution < -0.4 is 0 Å². The fraction of sp³-hybridized carbons (Fsp3) is 0. The number of hydrogen-bond donors (Lipinski definition) is 0. The van der Waals surface area contributed by atoms with Gasteiger partial charge in [0.25, 0.3) is 0 Å². The molecule has 0 unspecified atom stereocenters. The molecule has 1 aromatic heterocycles. The number of aromatic nitrogens is 3. The van der Waals surface area contributed by atoms with Crippen molar-refractivity contribution < 1.29 is 0 Å². The number of nitrogens with zero attached hydrogens (tertiary/aromatic N) is 3. The average molecular weight is 256 g/mol. The normalized spacial score (nSPS) is 10.7. The summed E-state index contributed by atoms with van der Waals surface area (Å²) in [5.74, 6) is 0. The first-order chi connectivity index (χ1) is 8.79. The van der Waals surface area contributed by atoms with Crippen LogP contribution in [-0.4, -0.2) is 15.0 Å². The highest BCUT2D eigenvalue weighted by atomic mass is 35.5. The highest BCUT2D eigenvalue weighted by Crippen LogP contribution is 2.24. The topological polar surface area (TPSA) is 30.7 Å². The van der Waals surface area contributed by atoms with Crippen molar-refractivity contribution in [1.29, 1.82) is 0 Å². The van der Waals surface area contributed by atoms with Crippen molar-refractivity contribution in [3.63, 3.8) is 0 Å². The van der Waals surface area contributed by atoms with Gasteiger partial charge in [0.05, 0.1) is 16.2 Å². The molecule has 3 rings (SSSR count). The van der Waals surface area contributed by atoms with Crippen LogP contribution in [0.5, 0.6) is 0 Å². The van der Waals surface area contributed by atoms with Gasteiger partial charge in [0.1, 0.15) is 5.52 Å². The molecule has 18 heavy (non-hydrogen) atoms. The van der Waals surface area contributed by atoms with Crippen LogP contribution >= 0.6 is 11.6 Å². The lowest BCUT2D eigenvalue weighted by molar-refractivity contribution is 0.824. The van der Waals surface area contributed by atoms with Gasteiger partial charge in [-0.05, 0) is 29.8 Å². The molecule has 0 aliphatic rings. The van der Waals surface area contributed by atoms with Gasteiger partial charge in [-0.1, -0.05) is 47.7 Å². The Morgan fingerprint density at radius 2 is 2.00 bits per heavy atom. The summed E-state index contributed by atoms with van der Waals surface area (Å²) < 4.78 is 1.74. The Morgan fingerprint density at radius 3 is 2.78 bits per heavy atom. The van der Waals surface area contributed by atoms with E-state index in [1.807, 2.05) is 42.5 Å². The quantitative estimate of drug-likeness (QED) is 0.699. The number of halogens is 1. The van der Waals surface area contributed by atoms with Crippen molar-refractivity contribution in [3.8, 4) is 5.69 Å². The minimum Gasteiger partial charge on any atom is -0.211 e. The molecule has 0 radical (unpaired) electrons. The lowest BCUT2D eigenvalue weighted by atomic mass is 10.2. The molecule has 2 aromatic carbocycles. The van der Waals surface area contributed by atoms with Gasteiger partial charge in [-0.25, -0.2) is 4.68 Å². The lowest BCUT2D eigenvalue weighted by Crippen LogP contribution is -1.97. The second-order valence-electron chi connectivity index (χ2n) is 3.90. The maximum Gasteiger partial charge on any atom is 0.113 e. The molecule has 4 heteroatoms. The third-order valence-electron chi connectivity index (χ3n) is 2.79. The molecule has 0 fully saturated rings. The zero-order valence-corrected chi connectivity index (χ0v) is 10.3. The van der Waals surface area contributed by atoms with Crippen molar-refractivity contribution in [2.24, 2.45) is 0 Å². The molecule has 0 aliphatic heterocycles. The first-order valence-corrected chi connectivity index (χ1v) is 5.90. The van der Waals surface area contributed by atoms with Crippen molar-refractivity contribution >= 4 is 28.7 Å². The molecule has 0 amide bonds. The third-order valence-corrected chi connectivity index (χ3v) is 3.09. The first kappa shape index (κ1) is 11.0. The van der Waals surface area contributed by atoms with Crippen LogP contribution in [0.3, 0.4) is 0 Å². The van der Waals surface area contributed by atoms with E-state index in [4.69, 9.17) is 11.6 Å². The summed E-state index contributed by atoms with van der Waals surface area (Å²) in [6, 6.07) is 13.5. The van der Waals surface area contributed by atoms with E-state index in [1.165, 1.54) is 0 Å². The molecule has 3 nitrogen and oxygen atoms in total. The average Bonchev–Trinajstić information content (AvgIpc) is 2.82. The van der Waals surface area contributed by atoms with Crippen LogP contribution in [0, 0.1) is 0 Å². The highest BCUT2D eigenvalue weighted by Gasteiger charge is 2.09. The predicted molar refractivity (Wildman–Crippen MR) is 74.0 cm³/mol. The molecule has 0 aliphatic carbocycles. The maximum absolute atomic E-state index is 6.26. The Morgan fingerprint density at radius 1 is 1.17 bits per heavy atom. The van der Waals surface area contributed by atoms with E-state index in [0.29, 0.717) is 5.02 Å². The SMILES string of the molecule is C=Cc1ccc(-n2nnc3ccccc32)c(Cl)c1. The van der Waals surface area contributed by atoms with Gasteiger partial charge in [0, 0.05) is 0 Å². The van der Waals surface area contributed by atoms with E-state index in [9.17, 15) is 0 Å². The molecule has 88 valence electrons. The molecule has 0 bridgehead atoms. The van der Waals surface area contributed by atoms with Crippen molar-refractivity contribution in [2.45, 2.75) is 0 Å². The third kappa shape index (κ3) is 1.69. The Hall–Kier alpha value is -2.13. The second-order valence-corrected chi connectivity index (χ2v) is 4.31. The molecule has 0 saturated carbocycles. The van der Waals surface area contributed by atoms with Crippen molar-refractivity contribution in [3.05, 3.63) is 59.6 Å². The smallest absolute Gasteiger partial charge is 0.113 e. The minimum absolute atomic E-state index is 0.628. The van der Waals surface area contributed by atoms with Gasteiger partial charge < -0.3 is 0 Å². The molecule has 0 N–H and O–H groups in total. The lowest BCUT2D eigenvalue weighted by Gasteiger charge is -2.05. The van der Waals surface area contributed by atoms with E-state index in [-0.39, 0.29) is 0 Å². The van der Waals surface area contributed by atoms with Crippen LogP contribution in [0.15, 0.2) is 49.0 Å². The highest BCUT2D eigenvalue weighted by molar-refractivity contribution is 6.32. The Bertz CT molecular complexity index is 731. The van der Waals surface area contributed by atoms with Gasteiger partial charge in [-0.15, -0.1) is 5.10 Å². The number of hydrogen-bond acceptors (Lipinski definition) is 2. The Balaban J connectivity index is 2.23. The summed E-state index contributed by atoms with van der Waals surface area (Å²) in [7, 11) is 0. The summed E-state index contributed by atoms with van der Waals surface area (Å²) >= 11 is 6.26. The zero-order valence-electron chi connectivity index (χ0n) is 9.55. The summed E-state index contributed by atoms with van der Waals surface area (Å²) in [6.07, 6.45) is 1.76. The monoisotopic (exact) mass is 255 g/mol. The standard InChI is InChI=1S/C14H10ClN3/c1-2-10-7-8-13(11(15)9-10)18-14-6-4-3-5-12(14)16-17-18/h2-9H,1H2. The number of para-hydroxylation sites is 1. The number of rotatable bonds is 2. The van der Waals surface area contributed by atoms with Gasteiger partial charge in [-0.2, -0.15) is 0 Å². The van der Waals surface area contributed by atoms with E-state index in [2.05, 4.69) is 16.9 Å². The summed E-state index contributed by atoms with van der Waals surface area (Å²) in [5, 5.41) is 8.88. The molecule has 0 atom stereocenters. The first-order valence-electron chi connectivity index (χ1n) is 5.52. The zero-order chi connectivity index (χ0) is 12.5. The number of fused-ring (bicyclic) bond motifs is 1. The second kappa shape index (κ2) is 4.27. The summed E-state index contributed by atoms with van der Waals surface area (Å²) in [4.78, 5) is 0. The Kier molecular flexibility index (Phi) is 2.61. The van der Waals surface area contributed by atoms with Gasteiger partial charge >= 0.3 is 0 Å². The van der Waals surface area contributed by atoms with Crippen LogP contribution in [0.2, 0.25) is 5.02 Å². The maximum atomic E-state index is 6.26. The molecular weight excluding hydrogens is 246 g/mol. The summed E-state index contributed by atoms with van der Waals surface area (Å²) in [6.45, 7) is 3.72. The molecule has 3 aromatic rings. The molecular formula is C14H10ClN3. The van der Waals surface area contributed by atoms with Crippen LogP contribution in [0.1, 0.15) is 5.56 Å². The van der Waals surface area contributed by atoms with E-state index < -0.39 is 0 Å². The van der Waals surface area contributed by atoms with Crippen molar-refractivity contribution in [1.82, 2.24) is 15.0 Å². The fourth-order valence-corrected chi connectivity index (χ4v) is 2.14. The van der Waals surface area contributed by atoms with Gasteiger partial charge in [-0.3, -0.25) is 0 Å². The molecule has 0 saturated heterocycles. The van der Waals surface area contributed by atoms with Crippen LogP contribution in [0.4, 0.5) is 0 Å². The van der Waals surface area contributed by atoms with Gasteiger partial charge in [0.2, 0.25) is 0 Å². The largest absolute Gasteiger partial charge is 0.211 e. The van der Waals surface area contributed by atoms with Crippen molar-refractivity contribution in [2.75, 3.05) is 0 Å². The van der Waals surface area contributed by atoms with Crippen LogP contribution in [-0.2, 0) is 0 Å². The van der Waals surface area contributed by atoms with E-state index in [0.717, 1.165) is 22.3 Å². The van der Waals surface area contributed by atoms with Crippen LogP contribution in [0.25, 0.3) is 22.8 Å². The fourth-order valence-electron chi connectivity index (χ4n) is 1.87. The Labute approximate surface area is 109 Å². The van der Waals surface area contributed by atoms with Gasteiger partial charge in [0.15, 0.2) is 0 Å². The van der Waals surface area contributed by atoms with E-state index >= 15 is 0 Å². The minimum atomic E-state index is 0.628. The number of benzene rings is 2. The summed E-state index contributed by atoms with van der Waals surface area (Å²) in [5.41, 5.74) is 3.58. The predicted octanol–water partition coefficient (Wildman–Crippen LogP) is 3.72. The molecule has 0 spiro atoms. The molecule has 1 heterocycles.